The second-order valence-electron chi connectivity index (χ2n) is 3.67. The zero-order valence-corrected chi connectivity index (χ0v) is 9.89. The van der Waals surface area contributed by atoms with Crippen molar-refractivity contribution >= 4 is 27.8 Å². The van der Waals surface area contributed by atoms with E-state index in [1.54, 1.807) is 0 Å². The normalized spacial score (nSPS) is 10.2. The third-order valence-electron chi connectivity index (χ3n) is 2.83. The maximum Gasteiger partial charge on any atom is 0.0652 e. The van der Waals surface area contributed by atoms with Crippen molar-refractivity contribution in [2.24, 2.45) is 0 Å². The van der Waals surface area contributed by atoms with E-state index in [9.17, 15) is 0 Å². The Morgan fingerprint density at radius 1 is 0.812 bits per heavy atom. The molecule has 0 saturated carbocycles. The van der Waals surface area contributed by atoms with Crippen LogP contribution in [0.5, 0.6) is 0 Å². The smallest absolute Gasteiger partial charge is 0.0652 e. The molecule has 0 radical (unpaired) electrons. The lowest BCUT2D eigenvalue weighted by Crippen LogP contribution is -1.97. The maximum atomic E-state index is 3.24. The minimum Gasteiger partial charge on any atom is -0.388 e. The lowest BCUT2D eigenvalue weighted by atomic mass is 10.1. The third-order valence-corrected chi connectivity index (χ3v) is 2.83. The van der Waals surface area contributed by atoms with Gasteiger partial charge < -0.3 is 16.0 Å². The Kier molecular flexibility index (Phi) is 2.86. The van der Waals surface area contributed by atoms with Gasteiger partial charge in [-0.2, -0.15) is 0 Å². The van der Waals surface area contributed by atoms with Crippen molar-refractivity contribution in [1.82, 2.24) is 0 Å². The van der Waals surface area contributed by atoms with Gasteiger partial charge in [-0.05, 0) is 23.6 Å². The van der Waals surface area contributed by atoms with Gasteiger partial charge in [0.1, 0.15) is 0 Å². The molecule has 2 rings (SSSR count). The van der Waals surface area contributed by atoms with Gasteiger partial charge in [-0.3, -0.25) is 0 Å². The molecule has 3 heteroatoms. The molecule has 0 saturated heterocycles. The largest absolute Gasteiger partial charge is 0.388 e. The molecule has 3 nitrogen and oxygen atoms in total. The summed E-state index contributed by atoms with van der Waals surface area (Å²) in [6, 6.07) is 10.6. The number of anilines is 3. The van der Waals surface area contributed by atoms with Gasteiger partial charge in [0, 0.05) is 32.2 Å². The molecule has 0 aliphatic carbocycles. The molecule has 84 valence electrons. The fourth-order valence-electron chi connectivity index (χ4n) is 1.96. The van der Waals surface area contributed by atoms with Crippen LogP contribution in [0.15, 0.2) is 30.3 Å². The Labute approximate surface area is 95.9 Å². The van der Waals surface area contributed by atoms with Gasteiger partial charge in [0.05, 0.1) is 11.4 Å². The second kappa shape index (κ2) is 4.31. The van der Waals surface area contributed by atoms with E-state index < -0.39 is 0 Å². The van der Waals surface area contributed by atoms with Gasteiger partial charge in [0.2, 0.25) is 0 Å². The number of hydrogen-bond acceptors (Lipinski definition) is 3. The third kappa shape index (κ3) is 1.65. The fourth-order valence-corrected chi connectivity index (χ4v) is 1.96. The molecule has 2 aromatic rings. The van der Waals surface area contributed by atoms with Crippen LogP contribution in [0.3, 0.4) is 0 Å². The first kappa shape index (κ1) is 10.6. The Balaban J connectivity index is 2.69. The first-order chi connectivity index (χ1) is 7.80. The molecule has 0 unspecified atom stereocenters. The predicted octanol–water partition coefficient (Wildman–Crippen LogP) is 2.96. The first-order valence-corrected chi connectivity index (χ1v) is 5.40. The van der Waals surface area contributed by atoms with Crippen LogP contribution in [0.25, 0.3) is 10.8 Å². The van der Waals surface area contributed by atoms with Crippen molar-refractivity contribution in [1.29, 1.82) is 0 Å². The lowest BCUT2D eigenvalue weighted by molar-refractivity contribution is 1.47. The van der Waals surface area contributed by atoms with Gasteiger partial charge in [-0.15, -0.1) is 0 Å². The highest BCUT2D eigenvalue weighted by Crippen LogP contribution is 2.32. The van der Waals surface area contributed by atoms with Crippen molar-refractivity contribution in [2.45, 2.75) is 0 Å². The van der Waals surface area contributed by atoms with Crippen molar-refractivity contribution in [2.75, 3.05) is 37.1 Å². The van der Waals surface area contributed by atoms with E-state index in [-0.39, 0.29) is 0 Å². The highest BCUT2D eigenvalue weighted by atomic mass is 14.9. The van der Waals surface area contributed by atoms with Crippen molar-refractivity contribution in [3.63, 3.8) is 0 Å². The molecule has 0 atom stereocenters. The summed E-state index contributed by atoms with van der Waals surface area (Å²) in [4.78, 5) is 0. The van der Waals surface area contributed by atoms with Gasteiger partial charge in [0.15, 0.2) is 0 Å². The van der Waals surface area contributed by atoms with E-state index in [0.29, 0.717) is 0 Å². The van der Waals surface area contributed by atoms with E-state index in [0.717, 1.165) is 17.1 Å². The summed E-state index contributed by atoms with van der Waals surface area (Å²) >= 11 is 0. The van der Waals surface area contributed by atoms with E-state index in [2.05, 4.69) is 46.3 Å². The van der Waals surface area contributed by atoms with Crippen molar-refractivity contribution in [3.8, 4) is 0 Å². The molecule has 3 N–H and O–H groups in total. The number of rotatable bonds is 3. The minimum atomic E-state index is 1.12. The maximum absolute atomic E-state index is 3.24. The van der Waals surface area contributed by atoms with Crippen LogP contribution in [0.2, 0.25) is 0 Å². The van der Waals surface area contributed by atoms with Gasteiger partial charge >= 0.3 is 0 Å². The van der Waals surface area contributed by atoms with Crippen LogP contribution < -0.4 is 16.0 Å². The number of fused-ring (bicyclic) bond motifs is 1. The molecule has 0 spiro atoms. The molecule has 0 fully saturated rings. The summed E-state index contributed by atoms with van der Waals surface area (Å²) in [5.41, 5.74) is 3.39. The summed E-state index contributed by atoms with van der Waals surface area (Å²) in [5, 5.41) is 12.0. The van der Waals surface area contributed by atoms with Gasteiger partial charge in [-0.25, -0.2) is 0 Å². The molecule has 0 aliphatic heterocycles. The summed E-state index contributed by atoms with van der Waals surface area (Å²) in [6.45, 7) is 0. The number of nitrogens with one attached hydrogen (secondary N) is 3. The molecule has 0 bridgehead atoms. The second-order valence-corrected chi connectivity index (χ2v) is 3.67. The predicted molar refractivity (Wildman–Crippen MR) is 72.6 cm³/mol. The minimum absolute atomic E-state index is 1.12. The monoisotopic (exact) mass is 215 g/mol. The molecule has 0 aromatic heterocycles. The lowest BCUT2D eigenvalue weighted by Gasteiger charge is -2.13. The van der Waals surface area contributed by atoms with Crippen molar-refractivity contribution in [3.05, 3.63) is 30.3 Å². The zero-order valence-electron chi connectivity index (χ0n) is 9.89. The Morgan fingerprint density at radius 2 is 1.62 bits per heavy atom. The van der Waals surface area contributed by atoms with Crippen LogP contribution in [-0.2, 0) is 0 Å². The molecule has 0 aliphatic rings. The molecule has 16 heavy (non-hydrogen) atoms. The summed E-state index contributed by atoms with van der Waals surface area (Å²) in [5.74, 6) is 0. The summed E-state index contributed by atoms with van der Waals surface area (Å²) in [7, 11) is 5.81. The first-order valence-electron chi connectivity index (χ1n) is 5.40. The number of benzene rings is 2. The Hall–Kier alpha value is -1.90. The summed E-state index contributed by atoms with van der Waals surface area (Å²) in [6.07, 6.45) is 0. The topological polar surface area (TPSA) is 36.1 Å². The zero-order chi connectivity index (χ0) is 11.5. The quantitative estimate of drug-likeness (QED) is 0.736. The van der Waals surface area contributed by atoms with E-state index >= 15 is 0 Å². The van der Waals surface area contributed by atoms with Crippen molar-refractivity contribution < 1.29 is 0 Å². The standard InChI is InChI=1S/C13H17N3/c1-14-10-5-6-11-9(8-10)4-7-12(15-2)13(11)16-3/h4-8,14-16H,1-3H3. The van der Waals surface area contributed by atoms with Gasteiger partial charge in [-0.1, -0.05) is 12.1 Å². The SMILES string of the molecule is CNc1ccc2c(NC)c(NC)ccc2c1. The molecular formula is C13H17N3. The highest BCUT2D eigenvalue weighted by molar-refractivity contribution is 6.01. The van der Waals surface area contributed by atoms with Crippen LogP contribution in [0.4, 0.5) is 17.1 Å². The van der Waals surface area contributed by atoms with Crippen LogP contribution in [0, 0.1) is 0 Å². The average molecular weight is 215 g/mol. The van der Waals surface area contributed by atoms with Crippen LogP contribution in [-0.4, -0.2) is 21.1 Å². The van der Waals surface area contributed by atoms with E-state index in [1.807, 2.05) is 21.1 Å². The fraction of sp³-hybridized carbons (Fsp3) is 0.231. The average Bonchev–Trinajstić information content (AvgIpc) is 2.36. The molecule has 0 heterocycles. The molecule has 2 aromatic carbocycles. The Morgan fingerprint density at radius 3 is 2.25 bits per heavy atom. The molecular weight excluding hydrogens is 198 g/mol. The highest BCUT2D eigenvalue weighted by Gasteiger charge is 2.05. The Bertz CT molecular complexity index is 506. The van der Waals surface area contributed by atoms with E-state index in [4.69, 9.17) is 0 Å². The van der Waals surface area contributed by atoms with E-state index in [1.165, 1.54) is 10.8 Å². The molecule has 0 amide bonds. The van der Waals surface area contributed by atoms with Crippen LogP contribution in [0.1, 0.15) is 0 Å². The van der Waals surface area contributed by atoms with Gasteiger partial charge in [0.25, 0.3) is 0 Å². The number of hydrogen-bond donors (Lipinski definition) is 3. The van der Waals surface area contributed by atoms with Crippen LogP contribution >= 0.6 is 0 Å². The summed E-state index contributed by atoms with van der Waals surface area (Å²) < 4.78 is 0.